The van der Waals surface area contributed by atoms with Crippen LogP contribution in [0.5, 0.6) is 0 Å². The summed E-state index contributed by atoms with van der Waals surface area (Å²) in [6.45, 7) is 3.91. The van der Waals surface area contributed by atoms with Gasteiger partial charge >= 0.3 is 0 Å². The summed E-state index contributed by atoms with van der Waals surface area (Å²) in [6.07, 6.45) is 6.92. The van der Waals surface area contributed by atoms with Gasteiger partial charge in [-0.05, 0) is 48.8 Å². The van der Waals surface area contributed by atoms with E-state index in [1.54, 1.807) is 30.3 Å². The highest BCUT2D eigenvalue weighted by molar-refractivity contribution is 14.0. The predicted octanol–water partition coefficient (Wildman–Crippen LogP) is 2.84. The summed E-state index contributed by atoms with van der Waals surface area (Å²) in [5, 5.41) is 8.94. The van der Waals surface area contributed by atoms with Crippen LogP contribution in [-0.2, 0) is 11.2 Å². The molecule has 0 bridgehead atoms. The van der Waals surface area contributed by atoms with Gasteiger partial charge in [0.25, 0.3) is 0 Å². The lowest BCUT2D eigenvalue weighted by Crippen LogP contribution is -2.44. The molecule has 0 radical (unpaired) electrons. The molecule has 0 atom stereocenters. The fourth-order valence-corrected chi connectivity index (χ4v) is 4.12. The molecule has 3 rings (SSSR count). The minimum atomic E-state index is 0. The molecule has 0 aromatic carbocycles. The first-order valence-corrected chi connectivity index (χ1v) is 11.4. The first-order valence-electron chi connectivity index (χ1n) is 10.5. The second-order valence-corrected chi connectivity index (χ2v) is 8.76. The number of piperidine rings is 1. The number of rotatable bonds is 8. The Labute approximate surface area is 206 Å². The van der Waals surface area contributed by atoms with Gasteiger partial charge in [0, 0.05) is 63.2 Å². The number of nitrogens with one attached hydrogen (secondary N) is 2. The Morgan fingerprint density at radius 2 is 1.97 bits per heavy atom. The number of thiophene rings is 1. The average Bonchev–Trinajstić information content (AvgIpc) is 3.29. The molecule has 170 valence electrons. The van der Waals surface area contributed by atoms with Gasteiger partial charge in [-0.1, -0.05) is 6.07 Å². The third-order valence-corrected chi connectivity index (χ3v) is 6.25. The topological polar surface area (TPSA) is 72.9 Å². The number of aromatic nitrogens is 1. The van der Waals surface area contributed by atoms with Crippen molar-refractivity contribution in [2.24, 2.45) is 10.9 Å². The number of amides is 1. The number of halogens is 1. The van der Waals surface area contributed by atoms with Crippen molar-refractivity contribution in [2.75, 3.05) is 51.7 Å². The van der Waals surface area contributed by atoms with Crippen LogP contribution in [-0.4, -0.2) is 68.6 Å². The van der Waals surface area contributed by atoms with Crippen molar-refractivity contribution in [3.63, 3.8) is 0 Å². The molecule has 0 unspecified atom stereocenters. The Bertz CT molecular complexity index is 792. The zero-order valence-corrected chi connectivity index (χ0v) is 21.4. The van der Waals surface area contributed by atoms with Crippen LogP contribution < -0.4 is 15.5 Å². The maximum atomic E-state index is 11.9. The average molecular weight is 557 g/mol. The number of aliphatic imine (C=N–C) groups is 1. The summed E-state index contributed by atoms with van der Waals surface area (Å²) < 4.78 is 0. The van der Waals surface area contributed by atoms with E-state index in [1.165, 1.54) is 10.6 Å². The minimum absolute atomic E-state index is 0. The van der Waals surface area contributed by atoms with Gasteiger partial charge < -0.3 is 20.4 Å². The van der Waals surface area contributed by atoms with Gasteiger partial charge in [0.05, 0.1) is 0 Å². The highest BCUT2D eigenvalue weighted by atomic mass is 127. The van der Waals surface area contributed by atoms with Gasteiger partial charge in [0.15, 0.2) is 5.96 Å². The minimum Gasteiger partial charge on any atom is -0.371 e. The Morgan fingerprint density at radius 1 is 1.23 bits per heavy atom. The lowest BCUT2D eigenvalue weighted by Gasteiger charge is -2.33. The van der Waals surface area contributed by atoms with Crippen molar-refractivity contribution >= 4 is 52.9 Å². The second kappa shape index (κ2) is 13.5. The summed E-state index contributed by atoms with van der Waals surface area (Å²) in [7, 11) is 3.51. The van der Waals surface area contributed by atoms with Crippen molar-refractivity contribution in [1.82, 2.24) is 20.5 Å². The fourth-order valence-electron chi connectivity index (χ4n) is 3.41. The normalized spacial score (nSPS) is 14.6. The van der Waals surface area contributed by atoms with E-state index in [0.29, 0.717) is 5.92 Å². The molecule has 1 amide bonds. The molecular formula is C22H33IN6OS. The largest absolute Gasteiger partial charge is 0.371 e. The molecule has 3 heterocycles. The van der Waals surface area contributed by atoms with Crippen LogP contribution in [0.2, 0.25) is 0 Å². The van der Waals surface area contributed by atoms with Gasteiger partial charge in [-0.2, -0.15) is 0 Å². The Hall–Kier alpha value is -1.88. The zero-order valence-electron chi connectivity index (χ0n) is 18.3. The molecule has 1 saturated heterocycles. The van der Waals surface area contributed by atoms with E-state index >= 15 is 0 Å². The van der Waals surface area contributed by atoms with Gasteiger partial charge in [0.2, 0.25) is 5.91 Å². The van der Waals surface area contributed by atoms with E-state index in [-0.39, 0.29) is 36.4 Å². The molecule has 1 aliphatic rings. The number of hydrogen-bond acceptors (Lipinski definition) is 5. The van der Waals surface area contributed by atoms with E-state index in [1.807, 2.05) is 12.4 Å². The SMILES string of the molecule is CN(C)C(=O)CN=C(NCCc1cccs1)NCC1CCN(c2ccncc2)CC1.I. The molecule has 0 aliphatic carbocycles. The maximum Gasteiger partial charge on any atom is 0.243 e. The van der Waals surface area contributed by atoms with E-state index < -0.39 is 0 Å². The van der Waals surface area contributed by atoms with Crippen molar-refractivity contribution in [2.45, 2.75) is 19.3 Å². The van der Waals surface area contributed by atoms with Crippen LogP contribution in [0.25, 0.3) is 0 Å². The van der Waals surface area contributed by atoms with Crippen molar-refractivity contribution in [3.05, 3.63) is 46.9 Å². The van der Waals surface area contributed by atoms with Crippen LogP contribution in [0.1, 0.15) is 17.7 Å². The monoisotopic (exact) mass is 556 g/mol. The van der Waals surface area contributed by atoms with Crippen LogP contribution in [0, 0.1) is 5.92 Å². The molecule has 31 heavy (non-hydrogen) atoms. The lowest BCUT2D eigenvalue weighted by molar-refractivity contribution is -0.127. The van der Waals surface area contributed by atoms with E-state index in [9.17, 15) is 4.79 Å². The van der Waals surface area contributed by atoms with Gasteiger partial charge in [0.1, 0.15) is 6.54 Å². The summed E-state index contributed by atoms with van der Waals surface area (Å²) in [5.41, 5.74) is 1.25. The number of carbonyl (C=O) groups excluding carboxylic acids is 1. The predicted molar refractivity (Wildman–Crippen MR) is 140 cm³/mol. The van der Waals surface area contributed by atoms with Gasteiger partial charge in [-0.25, -0.2) is 4.99 Å². The van der Waals surface area contributed by atoms with Gasteiger partial charge in [-0.15, -0.1) is 35.3 Å². The standard InChI is InChI=1S/C22H32N6OS.HI/c1-27(2)21(29)17-26-22(24-12-7-20-4-3-15-30-20)25-16-18-8-13-28(14-9-18)19-5-10-23-11-6-19;/h3-6,10-11,15,18H,7-9,12-14,16-17H2,1-2H3,(H2,24,25,26);1H. The molecule has 2 aromatic heterocycles. The third kappa shape index (κ3) is 8.64. The summed E-state index contributed by atoms with van der Waals surface area (Å²) >= 11 is 1.76. The van der Waals surface area contributed by atoms with Crippen molar-refractivity contribution in [3.8, 4) is 0 Å². The maximum absolute atomic E-state index is 11.9. The highest BCUT2D eigenvalue weighted by Gasteiger charge is 2.19. The van der Waals surface area contributed by atoms with E-state index in [2.05, 4.69) is 55.2 Å². The number of guanidine groups is 1. The second-order valence-electron chi connectivity index (χ2n) is 7.73. The third-order valence-electron chi connectivity index (χ3n) is 5.32. The molecule has 9 heteroatoms. The fraction of sp³-hybridized carbons (Fsp3) is 0.500. The quantitative estimate of drug-likeness (QED) is 0.297. The van der Waals surface area contributed by atoms with E-state index in [4.69, 9.17) is 0 Å². The molecule has 0 saturated carbocycles. The number of pyridine rings is 1. The van der Waals surface area contributed by atoms with E-state index in [0.717, 1.165) is 51.4 Å². The van der Waals surface area contributed by atoms with Crippen LogP contribution >= 0.6 is 35.3 Å². The number of anilines is 1. The first kappa shape index (κ1) is 25.4. The van der Waals surface area contributed by atoms with Crippen LogP contribution in [0.4, 0.5) is 5.69 Å². The molecular weight excluding hydrogens is 523 g/mol. The Balaban J connectivity index is 0.00000341. The van der Waals surface area contributed by atoms with Crippen molar-refractivity contribution < 1.29 is 4.79 Å². The number of nitrogens with zero attached hydrogens (tertiary/aromatic N) is 4. The summed E-state index contributed by atoms with van der Waals surface area (Å²) in [6, 6.07) is 8.36. The number of likely N-dealkylation sites (N-methyl/N-ethyl adjacent to an activating group) is 1. The molecule has 2 aromatic rings. The molecule has 1 fully saturated rings. The molecule has 0 spiro atoms. The first-order chi connectivity index (χ1) is 14.6. The summed E-state index contributed by atoms with van der Waals surface area (Å²) in [5.74, 6) is 1.32. The van der Waals surface area contributed by atoms with Crippen LogP contribution in [0.15, 0.2) is 47.0 Å². The molecule has 7 nitrogen and oxygen atoms in total. The highest BCUT2D eigenvalue weighted by Crippen LogP contribution is 2.22. The number of hydrogen-bond donors (Lipinski definition) is 2. The Morgan fingerprint density at radius 3 is 2.61 bits per heavy atom. The Kier molecular flexibility index (Phi) is 11.1. The van der Waals surface area contributed by atoms with Crippen LogP contribution in [0.3, 0.4) is 0 Å². The molecule has 2 N–H and O–H groups in total. The molecule has 1 aliphatic heterocycles. The smallest absolute Gasteiger partial charge is 0.243 e. The number of carbonyl (C=O) groups is 1. The van der Waals surface area contributed by atoms with Crippen molar-refractivity contribution in [1.29, 1.82) is 0 Å². The van der Waals surface area contributed by atoms with Gasteiger partial charge in [-0.3, -0.25) is 9.78 Å². The summed E-state index contributed by atoms with van der Waals surface area (Å²) in [4.78, 5) is 25.9. The lowest BCUT2D eigenvalue weighted by atomic mass is 9.96. The zero-order chi connectivity index (χ0) is 21.2.